The number of rotatable bonds is 7. The van der Waals surface area contributed by atoms with Crippen molar-refractivity contribution in [3.63, 3.8) is 0 Å². The van der Waals surface area contributed by atoms with Gasteiger partial charge in [-0.1, -0.05) is 37.3 Å². The fraction of sp³-hybridized carbons (Fsp3) is 0.471. The van der Waals surface area contributed by atoms with Crippen LogP contribution in [-0.2, 0) is 26.4 Å². The normalized spacial score (nSPS) is 14.1. The van der Waals surface area contributed by atoms with E-state index in [2.05, 4.69) is 17.3 Å². The molecule has 0 aliphatic heterocycles. The van der Waals surface area contributed by atoms with Gasteiger partial charge in [-0.15, -0.1) is 0 Å². The van der Waals surface area contributed by atoms with E-state index in [-0.39, 0.29) is 6.04 Å². The Balaban J connectivity index is 1.87. The Labute approximate surface area is 126 Å². The summed E-state index contributed by atoms with van der Waals surface area (Å²) < 4.78 is 1.85. The van der Waals surface area contributed by atoms with Gasteiger partial charge in [-0.25, -0.2) is 0 Å². The van der Waals surface area contributed by atoms with Crippen molar-refractivity contribution in [1.82, 2.24) is 15.1 Å². The fourth-order valence-corrected chi connectivity index (χ4v) is 2.47. The molecule has 0 aliphatic carbocycles. The lowest BCUT2D eigenvalue weighted by molar-refractivity contribution is 0.134. The minimum absolute atomic E-state index is 0.0371. The molecule has 1 aromatic heterocycles. The van der Waals surface area contributed by atoms with E-state index in [0.717, 1.165) is 24.2 Å². The van der Waals surface area contributed by atoms with E-state index < -0.39 is 6.10 Å². The molecular weight excluding hydrogens is 262 g/mol. The third kappa shape index (κ3) is 4.41. The van der Waals surface area contributed by atoms with Crippen LogP contribution in [0.15, 0.2) is 36.5 Å². The van der Waals surface area contributed by atoms with E-state index in [1.807, 2.05) is 55.2 Å². The lowest BCUT2D eigenvalue weighted by Gasteiger charge is -2.20. The molecule has 0 bridgehead atoms. The third-order valence-corrected chi connectivity index (χ3v) is 3.81. The molecule has 1 heterocycles. The van der Waals surface area contributed by atoms with Crippen LogP contribution >= 0.6 is 0 Å². The minimum atomic E-state index is -0.394. The summed E-state index contributed by atoms with van der Waals surface area (Å²) in [7, 11) is 1.94. The van der Waals surface area contributed by atoms with Crippen LogP contribution < -0.4 is 5.32 Å². The average Bonchev–Trinajstić information content (AvgIpc) is 2.85. The molecule has 2 atom stereocenters. The van der Waals surface area contributed by atoms with Crippen molar-refractivity contribution < 1.29 is 5.11 Å². The summed E-state index contributed by atoms with van der Waals surface area (Å²) in [6.45, 7) is 4.87. The average molecular weight is 287 g/mol. The molecule has 0 fully saturated rings. The third-order valence-electron chi connectivity index (χ3n) is 3.81. The number of hydrogen-bond donors (Lipinski definition) is 2. The van der Waals surface area contributed by atoms with Crippen molar-refractivity contribution in [1.29, 1.82) is 0 Å². The van der Waals surface area contributed by atoms with Gasteiger partial charge in [-0.2, -0.15) is 5.10 Å². The molecule has 0 saturated heterocycles. The molecule has 1 aromatic carbocycles. The molecule has 2 rings (SSSR count). The Hall–Kier alpha value is -1.65. The van der Waals surface area contributed by atoms with Gasteiger partial charge >= 0.3 is 0 Å². The van der Waals surface area contributed by atoms with Gasteiger partial charge in [0.05, 0.1) is 11.8 Å². The van der Waals surface area contributed by atoms with Gasteiger partial charge in [0.1, 0.15) is 0 Å². The number of hydrogen-bond acceptors (Lipinski definition) is 3. The van der Waals surface area contributed by atoms with Crippen LogP contribution in [0.25, 0.3) is 0 Å². The fourth-order valence-electron chi connectivity index (χ4n) is 2.47. The van der Waals surface area contributed by atoms with Gasteiger partial charge in [0.2, 0.25) is 0 Å². The minimum Gasteiger partial charge on any atom is -0.391 e. The first kappa shape index (κ1) is 15.7. The molecule has 0 aliphatic rings. The predicted octanol–water partition coefficient (Wildman–Crippen LogP) is 2.06. The maximum Gasteiger partial charge on any atom is 0.0730 e. The summed E-state index contributed by atoms with van der Waals surface area (Å²) in [5.74, 6) is 0. The number of aryl methyl sites for hydroxylation is 2. The monoisotopic (exact) mass is 287 g/mol. The highest BCUT2D eigenvalue weighted by molar-refractivity contribution is 5.17. The number of aromatic nitrogens is 2. The molecule has 0 spiro atoms. The zero-order valence-electron chi connectivity index (χ0n) is 13.1. The molecule has 114 valence electrons. The van der Waals surface area contributed by atoms with Crippen molar-refractivity contribution in [2.24, 2.45) is 7.05 Å². The molecule has 2 N–H and O–H groups in total. The van der Waals surface area contributed by atoms with E-state index in [9.17, 15) is 5.11 Å². The number of aliphatic hydroxyl groups is 1. The number of benzene rings is 1. The molecule has 2 unspecified atom stereocenters. The number of nitrogens with zero attached hydrogens (tertiary/aromatic N) is 2. The Morgan fingerprint density at radius 3 is 2.67 bits per heavy atom. The Bertz CT molecular complexity index is 550. The molecule has 0 amide bonds. The van der Waals surface area contributed by atoms with Crippen molar-refractivity contribution in [3.05, 3.63) is 53.3 Å². The molecule has 0 radical (unpaired) electrons. The second-order valence-electron chi connectivity index (χ2n) is 5.55. The van der Waals surface area contributed by atoms with Crippen LogP contribution in [0, 0.1) is 0 Å². The van der Waals surface area contributed by atoms with Crippen LogP contribution in [0.4, 0.5) is 0 Å². The summed E-state index contributed by atoms with van der Waals surface area (Å²) in [6.07, 6.45) is 3.25. The van der Waals surface area contributed by atoms with Gasteiger partial charge in [0.15, 0.2) is 0 Å². The largest absolute Gasteiger partial charge is 0.391 e. The van der Waals surface area contributed by atoms with E-state index in [4.69, 9.17) is 0 Å². The second kappa shape index (κ2) is 7.38. The maximum atomic E-state index is 10.3. The van der Waals surface area contributed by atoms with Crippen LogP contribution in [0.2, 0.25) is 0 Å². The highest BCUT2D eigenvalue weighted by atomic mass is 16.3. The first-order valence-electron chi connectivity index (χ1n) is 7.57. The van der Waals surface area contributed by atoms with E-state index in [1.165, 1.54) is 5.56 Å². The zero-order chi connectivity index (χ0) is 15.2. The molecular formula is C17H25N3O. The van der Waals surface area contributed by atoms with E-state index >= 15 is 0 Å². The Morgan fingerprint density at radius 2 is 2.00 bits per heavy atom. The molecule has 21 heavy (non-hydrogen) atoms. The van der Waals surface area contributed by atoms with Gasteiger partial charge in [-0.05, 0) is 25.3 Å². The van der Waals surface area contributed by atoms with Crippen LogP contribution in [-0.4, -0.2) is 27.0 Å². The van der Waals surface area contributed by atoms with Gasteiger partial charge in [-0.3, -0.25) is 4.68 Å². The number of nitrogens with one attached hydrogen (secondary N) is 1. The van der Waals surface area contributed by atoms with Crippen LogP contribution in [0.3, 0.4) is 0 Å². The summed E-state index contributed by atoms with van der Waals surface area (Å²) in [5, 5.41) is 18.1. The lowest BCUT2D eigenvalue weighted by Crippen LogP contribution is -2.38. The molecule has 0 saturated carbocycles. The summed E-state index contributed by atoms with van der Waals surface area (Å²) >= 11 is 0. The summed E-state index contributed by atoms with van der Waals surface area (Å²) in [5.41, 5.74) is 3.49. The van der Waals surface area contributed by atoms with E-state index in [0.29, 0.717) is 6.42 Å². The van der Waals surface area contributed by atoms with Crippen LogP contribution in [0.1, 0.15) is 30.7 Å². The van der Waals surface area contributed by atoms with Gasteiger partial charge < -0.3 is 10.4 Å². The Kier molecular flexibility index (Phi) is 5.53. The quantitative estimate of drug-likeness (QED) is 0.819. The van der Waals surface area contributed by atoms with Crippen LogP contribution in [0.5, 0.6) is 0 Å². The second-order valence-corrected chi connectivity index (χ2v) is 5.55. The van der Waals surface area contributed by atoms with Gasteiger partial charge in [0, 0.05) is 31.4 Å². The lowest BCUT2D eigenvalue weighted by atomic mass is 10.0. The number of aliphatic hydroxyl groups excluding tert-OH is 1. The predicted molar refractivity (Wildman–Crippen MR) is 85.0 cm³/mol. The smallest absolute Gasteiger partial charge is 0.0730 e. The topological polar surface area (TPSA) is 50.1 Å². The molecule has 4 nitrogen and oxygen atoms in total. The molecule has 2 aromatic rings. The SMILES string of the molecule is CCc1nn(C)cc1CNC(C)C(O)Cc1ccccc1. The maximum absolute atomic E-state index is 10.3. The van der Waals surface area contributed by atoms with Crippen molar-refractivity contribution >= 4 is 0 Å². The standard InChI is InChI=1S/C17H25N3O/c1-4-16-15(12-20(3)19-16)11-18-13(2)17(21)10-14-8-6-5-7-9-14/h5-9,12-13,17-18,21H,4,10-11H2,1-3H3. The summed E-state index contributed by atoms with van der Waals surface area (Å²) in [4.78, 5) is 0. The first-order chi connectivity index (χ1) is 10.1. The van der Waals surface area contributed by atoms with Crippen molar-refractivity contribution in [3.8, 4) is 0 Å². The van der Waals surface area contributed by atoms with Gasteiger partial charge in [0.25, 0.3) is 0 Å². The highest BCUT2D eigenvalue weighted by Crippen LogP contribution is 2.09. The zero-order valence-corrected chi connectivity index (χ0v) is 13.1. The summed E-state index contributed by atoms with van der Waals surface area (Å²) in [6, 6.07) is 10.1. The highest BCUT2D eigenvalue weighted by Gasteiger charge is 2.15. The first-order valence-corrected chi connectivity index (χ1v) is 7.57. The van der Waals surface area contributed by atoms with Crippen molar-refractivity contribution in [2.45, 2.75) is 45.4 Å². The van der Waals surface area contributed by atoms with E-state index in [1.54, 1.807) is 0 Å². The Morgan fingerprint density at radius 1 is 1.29 bits per heavy atom. The molecule has 4 heteroatoms. The van der Waals surface area contributed by atoms with Crippen molar-refractivity contribution in [2.75, 3.05) is 0 Å².